The van der Waals surface area contributed by atoms with Gasteiger partial charge in [0.25, 0.3) is 11.8 Å². The third-order valence-electron chi connectivity index (χ3n) is 5.97. The highest BCUT2D eigenvalue weighted by Crippen LogP contribution is 2.30. The van der Waals surface area contributed by atoms with Gasteiger partial charge in [-0.05, 0) is 48.2 Å². The Balaban J connectivity index is 1.44. The van der Waals surface area contributed by atoms with Crippen molar-refractivity contribution in [3.8, 4) is 11.1 Å². The molecule has 1 aliphatic rings. The molecule has 33 heavy (non-hydrogen) atoms. The van der Waals surface area contributed by atoms with Crippen LogP contribution < -0.4 is 16.0 Å². The first kappa shape index (κ1) is 22.2. The number of nitrogens with one attached hydrogen (secondary N) is 3. The average molecular weight is 444 g/mol. The maximum absolute atomic E-state index is 12.6. The maximum atomic E-state index is 12.6. The van der Waals surface area contributed by atoms with Gasteiger partial charge in [0, 0.05) is 5.56 Å². The van der Waals surface area contributed by atoms with E-state index in [0.29, 0.717) is 11.1 Å². The van der Waals surface area contributed by atoms with Crippen LogP contribution >= 0.6 is 0 Å². The van der Waals surface area contributed by atoms with Crippen molar-refractivity contribution in [1.82, 2.24) is 16.0 Å². The molecule has 1 heterocycles. The van der Waals surface area contributed by atoms with Crippen LogP contribution in [0.5, 0.6) is 0 Å². The molecule has 1 fully saturated rings. The summed E-state index contributed by atoms with van der Waals surface area (Å²) >= 11 is 0. The lowest BCUT2D eigenvalue weighted by molar-refractivity contribution is -0.127. The van der Waals surface area contributed by atoms with Crippen LogP contribution in [-0.2, 0) is 4.79 Å². The number of urea groups is 1. The summed E-state index contributed by atoms with van der Waals surface area (Å²) in [4.78, 5) is 36.1. The highest BCUT2D eigenvalue weighted by atomic mass is 16.3. The summed E-state index contributed by atoms with van der Waals surface area (Å²) in [5.41, 5.74) is 2.47. The van der Waals surface area contributed by atoms with Gasteiger partial charge in [-0.15, -0.1) is 0 Å². The number of hydrogen-bond acceptors (Lipinski definition) is 4. The Morgan fingerprint density at radius 1 is 0.879 bits per heavy atom. The predicted octanol–water partition coefficient (Wildman–Crippen LogP) is 3.48. The number of carbonyl (C=O) groups excluding carboxylic acids is 3. The van der Waals surface area contributed by atoms with Crippen LogP contribution in [0.15, 0.2) is 78.9 Å². The van der Waals surface area contributed by atoms with E-state index >= 15 is 0 Å². The van der Waals surface area contributed by atoms with Crippen LogP contribution in [0.25, 0.3) is 11.1 Å². The van der Waals surface area contributed by atoms with Gasteiger partial charge in [-0.3, -0.25) is 14.9 Å². The number of amides is 4. The molecule has 0 aromatic heterocycles. The minimum Gasteiger partial charge on any atom is -0.385 e. The third kappa shape index (κ3) is 4.49. The smallest absolute Gasteiger partial charge is 0.322 e. The molecule has 3 aromatic rings. The van der Waals surface area contributed by atoms with E-state index in [4.69, 9.17) is 0 Å². The number of aliphatic hydroxyl groups excluding tert-OH is 1. The van der Waals surface area contributed by atoms with Crippen LogP contribution in [0, 0.1) is 0 Å². The summed E-state index contributed by atoms with van der Waals surface area (Å²) < 4.78 is 0. The van der Waals surface area contributed by atoms with Gasteiger partial charge < -0.3 is 15.7 Å². The molecule has 0 bridgehead atoms. The van der Waals surface area contributed by atoms with Gasteiger partial charge in [-0.2, -0.15) is 0 Å². The zero-order chi connectivity index (χ0) is 23.6. The summed E-state index contributed by atoms with van der Waals surface area (Å²) in [7, 11) is 0. The van der Waals surface area contributed by atoms with Gasteiger partial charge in [-0.25, -0.2) is 4.79 Å². The molecule has 0 aliphatic carbocycles. The topological polar surface area (TPSA) is 108 Å². The van der Waals surface area contributed by atoms with Crippen LogP contribution in [-0.4, -0.2) is 28.5 Å². The first-order valence-electron chi connectivity index (χ1n) is 10.7. The molecule has 3 unspecified atom stereocenters. The fourth-order valence-corrected chi connectivity index (χ4v) is 3.86. The Hall–Kier alpha value is -3.97. The Bertz CT molecular complexity index is 1180. The van der Waals surface area contributed by atoms with Crippen LogP contribution in [0.1, 0.15) is 47.5 Å². The molecule has 1 saturated heterocycles. The van der Waals surface area contributed by atoms with Crippen LogP contribution in [0.4, 0.5) is 4.79 Å². The van der Waals surface area contributed by atoms with E-state index in [1.54, 1.807) is 24.3 Å². The van der Waals surface area contributed by atoms with Gasteiger partial charge in [0.2, 0.25) is 0 Å². The summed E-state index contributed by atoms with van der Waals surface area (Å²) in [5, 5.41) is 18.3. The first-order valence-corrected chi connectivity index (χ1v) is 10.7. The Kier molecular flexibility index (Phi) is 5.98. The van der Waals surface area contributed by atoms with Gasteiger partial charge in [0.1, 0.15) is 11.6 Å². The number of benzene rings is 3. The summed E-state index contributed by atoms with van der Waals surface area (Å²) in [6.45, 7) is 3.42. The zero-order valence-corrected chi connectivity index (χ0v) is 18.3. The zero-order valence-electron chi connectivity index (χ0n) is 18.3. The monoisotopic (exact) mass is 443 g/mol. The van der Waals surface area contributed by atoms with Gasteiger partial charge in [0.05, 0.1) is 6.04 Å². The molecule has 3 atom stereocenters. The van der Waals surface area contributed by atoms with E-state index in [9.17, 15) is 19.5 Å². The van der Waals surface area contributed by atoms with E-state index in [0.717, 1.165) is 16.7 Å². The van der Waals surface area contributed by atoms with Gasteiger partial charge in [-0.1, -0.05) is 66.7 Å². The number of hydrogen-bond donors (Lipinski definition) is 4. The number of carbonyl (C=O) groups is 3. The lowest BCUT2D eigenvalue weighted by Crippen LogP contribution is -2.49. The molecule has 1 aliphatic heterocycles. The molecule has 3 aromatic carbocycles. The minimum absolute atomic E-state index is 0.106. The van der Waals surface area contributed by atoms with Gasteiger partial charge >= 0.3 is 6.03 Å². The lowest BCUT2D eigenvalue weighted by Gasteiger charge is -2.27. The van der Waals surface area contributed by atoms with Crippen molar-refractivity contribution in [2.24, 2.45) is 0 Å². The lowest BCUT2D eigenvalue weighted by atomic mass is 9.88. The molecule has 4 rings (SSSR count). The van der Waals surface area contributed by atoms with Crippen molar-refractivity contribution in [3.63, 3.8) is 0 Å². The molecule has 4 amide bonds. The fourth-order valence-electron chi connectivity index (χ4n) is 3.86. The standard InChI is InChI=1S/C26H25N3O4/c1-16(17-6-4-3-5-7-17)27-23(31)21-14-10-19(11-15-21)18-8-12-20(13-9-18)22(30)26(2)24(32)28-25(33)29-26/h3-16,22,30H,1-2H3,(H,27,31)(H2,28,29,32,33). The Morgan fingerprint density at radius 2 is 1.45 bits per heavy atom. The molecule has 0 radical (unpaired) electrons. The largest absolute Gasteiger partial charge is 0.385 e. The predicted molar refractivity (Wildman–Crippen MR) is 124 cm³/mol. The normalized spacial score (nSPS) is 19.4. The second kappa shape index (κ2) is 8.88. The second-order valence-electron chi connectivity index (χ2n) is 8.32. The van der Waals surface area contributed by atoms with Crippen molar-refractivity contribution in [1.29, 1.82) is 0 Å². The molecule has 7 nitrogen and oxygen atoms in total. The Labute approximate surface area is 191 Å². The van der Waals surface area contributed by atoms with Crippen molar-refractivity contribution < 1.29 is 19.5 Å². The molecule has 0 spiro atoms. The highest BCUT2D eigenvalue weighted by Gasteiger charge is 2.48. The molecule has 0 saturated carbocycles. The average Bonchev–Trinajstić information content (AvgIpc) is 3.11. The third-order valence-corrected chi connectivity index (χ3v) is 5.97. The highest BCUT2D eigenvalue weighted by molar-refractivity contribution is 6.07. The first-order chi connectivity index (χ1) is 15.8. The summed E-state index contributed by atoms with van der Waals surface area (Å²) in [6, 6.07) is 23.4. The summed E-state index contributed by atoms with van der Waals surface area (Å²) in [5.74, 6) is -0.721. The van der Waals surface area contributed by atoms with E-state index in [2.05, 4.69) is 16.0 Å². The van der Waals surface area contributed by atoms with Crippen LogP contribution in [0.2, 0.25) is 0 Å². The molecular formula is C26H25N3O4. The SMILES string of the molecule is CC(NC(=O)c1ccc(-c2ccc(C(O)C3(C)NC(=O)NC3=O)cc2)cc1)c1ccccc1. The second-order valence-corrected chi connectivity index (χ2v) is 8.32. The van der Waals surface area contributed by atoms with Crippen molar-refractivity contribution >= 4 is 17.8 Å². The van der Waals surface area contributed by atoms with Crippen molar-refractivity contribution in [3.05, 3.63) is 95.6 Å². The van der Waals surface area contributed by atoms with Crippen molar-refractivity contribution in [2.75, 3.05) is 0 Å². The van der Waals surface area contributed by atoms with E-state index in [-0.39, 0.29) is 11.9 Å². The molecule has 168 valence electrons. The molecule has 4 N–H and O–H groups in total. The van der Waals surface area contributed by atoms with E-state index in [1.807, 2.05) is 61.5 Å². The van der Waals surface area contributed by atoms with E-state index < -0.39 is 23.6 Å². The van der Waals surface area contributed by atoms with E-state index in [1.165, 1.54) is 6.92 Å². The van der Waals surface area contributed by atoms with Crippen LogP contribution in [0.3, 0.4) is 0 Å². The quantitative estimate of drug-likeness (QED) is 0.438. The van der Waals surface area contributed by atoms with Gasteiger partial charge in [0.15, 0.2) is 0 Å². The number of rotatable bonds is 6. The molecular weight excluding hydrogens is 418 g/mol. The summed E-state index contributed by atoms with van der Waals surface area (Å²) in [6.07, 6.45) is -1.20. The van der Waals surface area contributed by atoms with Crippen molar-refractivity contribution in [2.45, 2.75) is 31.5 Å². The number of imide groups is 1. The number of aliphatic hydroxyl groups is 1. The minimum atomic E-state index is -1.43. The molecule has 7 heteroatoms. The fraction of sp³-hybridized carbons (Fsp3) is 0.192. The maximum Gasteiger partial charge on any atom is 0.322 e. The Morgan fingerprint density at radius 3 is 2.00 bits per heavy atom.